The molecule has 0 aliphatic heterocycles. The second kappa shape index (κ2) is 9.69. The molecule has 3 aromatic rings. The highest BCUT2D eigenvalue weighted by molar-refractivity contribution is 7.14. The molecule has 0 bridgehead atoms. The first-order chi connectivity index (χ1) is 15.2. The Labute approximate surface area is 187 Å². The van der Waals surface area contributed by atoms with Crippen LogP contribution in [0.4, 0.5) is 5.13 Å². The van der Waals surface area contributed by atoms with Crippen LogP contribution >= 0.6 is 11.3 Å². The Balaban J connectivity index is 1.94. The van der Waals surface area contributed by atoms with Crippen molar-refractivity contribution in [2.24, 2.45) is 5.92 Å². The number of esters is 1. The number of rotatable bonds is 8. The van der Waals surface area contributed by atoms with E-state index in [-0.39, 0.29) is 34.7 Å². The van der Waals surface area contributed by atoms with E-state index in [9.17, 15) is 19.5 Å². The van der Waals surface area contributed by atoms with Gasteiger partial charge in [-0.1, -0.05) is 13.8 Å². The van der Waals surface area contributed by atoms with Gasteiger partial charge in [0.25, 0.3) is 0 Å². The summed E-state index contributed by atoms with van der Waals surface area (Å²) in [5, 5.41) is 15.1. The molecule has 170 valence electrons. The topological polar surface area (TPSA) is 136 Å². The maximum Gasteiger partial charge on any atom is 0.357 e. The molecule has 0 radical (unpaired) electrons. The molecule has 0 saturated heterocycles. The van der Waals surface area contributed by atoms with Crippen molar-refractivity contribution in [2.45, 2.75) is 26.3 Å². The zero-order valence-electron chi connectivity index (χ0n) is 18.0. The molecule has 0 fully saturated rings. The number of methoxy groups -OCH3 is 2. The zero-order chi connectivity index (χ0) is 23.4. The second-order valence-corrected chi connectivity index (χ2v) is 8.25. The lowest BCUT2D eigenvalue weighted by Crippen LogP contribution is -2.33. The van der Waals surface area contributed by atoms with Crippen molar-refractivity contribution in [1.82, 2.24) is 14.5 Å². The third-order valence-electron chi connectivity index (χ3n) is 4.72. The number of nitrogens with one attached hydrogen (secondary N) is 2. The van der Waals surface area contributed by atoms with Crippen LogP contribution in [0.1, 0.15) is 36.8 Å². The maximum absolute atomic E-state index is 13.1. The summed E-state index contributed by atoms with van der Waals surface area (Å²) in [5.74, 6) is -0.846. The normalized spacial score (nSPS) is 11.9. The standard InChI is InChI=1S/C21H24N4O6S/c1-11(2)9-15(17(26)24-20-22-14(10-32-20)19(28)31-4)25-18(27)16(23-21(25)29)12-5-7-13(30-3)8-6-12/h5-8,10-11,15,27H,9H2,1-4H3,(H,23,29)(H,22,24,26)/t15-/m0/s1. The Hall–Kier alpha value is -3.60. The average molecular weight is 461 g/mol. The minimum absolute atomic E-state index is 0.0401. The number of amides is 1. The van der Waals surface area contributed by atoms with Crippen molar-refractivity contribution < 1.29 is 24.2 Å². The fraction of sp³-hybridized carbons (Fsp3) is 0.333. The Bertz CT molecular complexity index is 1160. The fourth-order valence-corrected chi connectivity index (χ4v) is 3.86. The number of thiazole rings is 1. The second-order valence-electron chi connectivity index (χ2n) is 7.39. The molecule has 11 heteroatoms. The molecule has 10 nitrogen and oxygen atoms in total. The summed E-state index contributed by atoms with van der Waals surface area (Å²) in [7, 11) is 2.77. The van der Waals surface area contributed by atoms with Gasteiger partial charge >= 0.3 is 11.7 Å². The Morgan fingerprint density at radius 3 is 2.53 bits per heavy atom. The van der Waals surface area contributed by atoms with E-state index in [4.69, 9.17) is 4.74 Å². The smallest absolute Gasteiger partial charge is 0.357 e. The summed E-state index contributed by atoms with van der Waals surface area (Å²) in [6.45, 7) is 3.80. The molecule has 3 rings (SSSR count). The molecule has 0 saturated carbocycles. The van der Waals surface area contributed by atoms with Gasteiger partial charge in [0.15, 0.2) is 10.8 Å². The highest BCUT2D eigenvalue weighted by Crippen LogP contribution is 2.32. The predicted octanol–water partition coefficient (Wildman–Crippen LogP) is 3.03. The molecule has 0 spiro atoms. The number of nitrogens with zero attached hydrogens (tertiary/aromatic N) is 2. The summed E-state index contributed by atoms with van der Waals surface area (Å²) < 4.78 is 10.8. The van der Waals surface area contributed by atoms with Crippen molar-refractivity contribution in [3.63, 3.8) is 0 Å². The van der Waals surface area contributed by atoms with Crippen LogP contribution in [0.3, 0.4) is 0 Å². The van der Waals surface area contributed by atoms with Gasteiger partial charge in [0, 0.05) is 10.9 Å². The molecular weight excluding hydrogens is 436 g/mol. The SMILES string of the molecule is COC(=O)c1csc(NC(=O)[C@H](CC(C)C)n2c(O)c(-c3ccc(OC)cc3)[nH]c2=O)n1. The van der Waals surface area contributed by atoms with Gasteiger partial charge in [-0.05, 0) is 36.6 Å². The quantitative estimate of drug-likeness (QED) is 0.440. The molecular formula is C21H24N4O6S. The van der Waals surface area contributed by atoms with Crippen molar-refractivity contribution in [3.8, 4) is 22.9 Å². The van der Waals surface area contributed by atoms with Gasteiger partial charge in [0.2, 0.25) is 11.8 Å². The van der Waals surface area contributed by atoms with E-state index >= 15 is 0 Å². The minimum atomic E-state index is -1.00. The van der Waals surface area contributed by atoms with Crippen molar-refractivity contribution >= 4 is 28.3 Å². The number of H-pyrrole nitrogens is 1. The molecule has 32 heavy (non-hydrogen) atoms. The van der Waals surface area contributed by atoms with Gasteiger partial charge < -0.3 is 24.9 Å². The van der Waals surface area contributed by atoms with Crippen LogP contribution < -0.4 is 15.7 Å². The summed E-state index contributed by atoms with van der Waals surface area (Å²) in [4.78, 5) is 44.1. The highest BCUT2D eigenvalue weighted by atomic mass is 32.1. The van der Waals surface area contributed by atoms with Gasteiger partial charge in [0.05, 0.1) is 14.2 Å². The molecule has 1 aromatic carbocycles. The van der Waals surface area contributed by atoms with Crippen LogP contribution in [0, 0.1) is 5.92 Å². The number of aromatic hydroxyl groups is 1. The largest absolute Gasteiger partial charge is 0.497 e. The van der Waals surface area contributed by atoms with E-state index in [1.54, 1.807) is 24.3 Å². The van der Waals surface area contributed by atoms with Crippen LogP contribution in [0.2, 0.25) is 0 Å². The lowest BCUT2D eigenvalue weighted by molar-refractivity contribution is -0.119. The number of anilines is 1. The van der Waals surface area contributed by atoms with E-state index in [0.29, 0.717) is 11.3 Å². The monoisotopic (exact) mass is 460 g/mol. The van der Waals surface area contributed by atoms with Crippen LogP contribution in [-0.4, -0.2) is 45.7 Å². The Morgan fingerprint density at radius 2 is 1.94 bits per heavy atom. The first-order valence-corrected chi connectivity index (χ1v) is 10.7. The van der Waals surface area contributed by atoms with E-state index in [1.807, 2.05) is 13.8 Å². The molecule has 0 unspecified atom stereocenters. The number of hydrogen-bond acceptors (Lipinski definition) is 8. The number of ether oxygens (including phenoxy) is 2. The number of imidazole rings is 1. The first-order valence-electron chi connectivity index (χ1n) is 9.77. The summed E-state index contributed by atoms with van der Waals surface area (Å²) >= 11 is 1.05. The summed E-state index contributed by atoms with van der Waals surface area (Å²) in [6.07, 6.45) is 0.286. The van der Waals surface area contributed by atoms with Crippen LogP contribution in [0.5, 0.6) is 11.6 Å². The number of carbonyl (C=O) groups excluding carboxylic acids is 2. The lowest BCUT2D eigenvalue weighted by Gasteiger charge is -2.19. The molecule has 2 heterocycles. The molecule has 1 atom stereocenters. The number of hydrogen-bond donors (Lipinski definition) is 3. The summed E-state index contributed by atoms with van der Waals surface area (Å²) in [6, 6.07) is 5.77. The average Bonchev–Trinajstić information content (AvgIpc) is 3.35. The van der Waals surface area contributed by atoms with Gasteiger partial charge in [-0.3, -0.25) is 9.36 Å². The minimum Gasteiger partial charge on any atom is -0.497 e. The van der Waals surface area contributed by atoms with E-state index in [0.717, 1.165) is 15.9 Å². The Morgan fingerprint density at radius 1 is 1.25 bits per heavy atom. The van der Waals surface area contributed by atoms with Crippen LogP contribution in [0.15, 0.2) is 34.4 Å². The van der Waals surface area contributed by atoms with Crippen molar-refractivity contribution in [2.75, 3.05) is 19.5 Å². The number of benzene rings is 1. The molecule has 0 aliphatic carbocycles. The number of aromatic nitrogens is 3. The Kier molecular flexibility index (Phi) is 6.98. The van der Waals surface area contributed by atoms with Gasteiger partial charge in [-0.15, -0.1) is 11.3 Å². The molecule has 2 aromatic heterocycles. The van der Waals surface area contributed by atoms with Gasteiger partial charge in [0.1, 0.15) is 17.5 Å². The molecule has 3 N–H and O–H groups in total. The van der Waals surface area contributed by atoms with E-state index < -0.39 is 23.6 Å². The van der Waals surface area contributed by atoms with Gasteiger partial charge in [-0.2, -0.15) is 0 Å². The number of carbonyl (C=O) groups is 2. The zero-order valence-corrected chi connectivity index (χ0v) is 18.9. The van der Waals surface area contributed by atoms with Crippen LogP contribution in [-0.2, 0) is 9.53 Å². The third-order valence-corrected chi connectivity index (χ3v) is 5.48. The summed E-state index contributed by atoms with van der Waals surface area (Å²) in [5.41, 5.74) is 0.201. The van der Waals surface area contributed by atoms with E-state index in [1.165, 1.54) is 19.6 Å². The van der Waals surface area contributed by atoms with Crippen LogP contribution in [0.25, 0.3) is 11.3 Å². The van der Waals surface area contributed by atoms with Gasteiger partial charge in [-0.25, -0.2) is 14.6 Å². The maximum atomic E-state index is 13.1. The van der Waals surface area contributed by atoms with Crippen molar-refractivity contribution in [1.29, 1.82) is 0 Å². The molecule has 1 amide bonds. The first kappa shape index (κ1) is 23.1. The molecule has 0 aliphatic rings. The number of aromatic amines is 1. The fourth-order valence-electron chi connectivity index (χ4n) is 3.18. The van der Waals surface area contributed by atoms with E-state index in [2.05, 4.69) is 20.0 Å². The lowest BCUT2D eigenvalue weighted by atomic mass is 10.0. The predicted molar refractivity (Wildman–Crippen MR) is 119 cm³/mol. The van der Waals surface area contributed by atoms with Crippen molar-refractivity contribution in [3.05, 3.63) is 45.8 Å². The highest BCUT2D eigenvalue weighted by Gasteiger charge is 2.29. The third kappa shape index (κ3) is 4.83.